The number of benzene rings is 2. The predicted octanol–water partition coefficient (Wildman–Crippen LogP) is 3.94. The van der Waals surface area contributed by atoms with Crippen LogP contribution >= 0.6 is 11.8 Å². The number of rotatable bonds is 4. The number of amides is 2. The van der Waals surface area contributed by atoms with Gasteiger partial charge in [-0.05, 0) is 62.2 Å². The maximum absolute atomic E-state index is 12.9. The summed E-state index contributed by atoms with van der Waals surface area (Å²) in [5, 5.41) is 5.43. The number of carbonyl (C=O) groups excluding carboxylic acids is 2. The van der Waals surface area contributed by atoms with Crippen molar-refractivity contribution < 1.29 is 18.0 Å². The molecule has 0 aliphatic carbocycles. The lowest BCUT2D eigenvalue weighted by Gasteiger charge is -2.21. The fraction of sp³-hybridized carbons (Fsp3) is 0.364. The maximum Gasteiger partial charge on any atom is 0.255 e. The normalized spacial score (nSPS) is 19.8. The number of anilines is 2. The van der Waals surface area contributed by atoms with Gasteiger partial charge < -0.3 is 10.6 Å². The molecule has 1 fully saturated rings. The molecular formula is C22H25N3O4S2. The monoisotopic (exact) mass is 459 g/mol. The molecule has 0 saturated carbocycles. The van der Waals surface area contributed by atoms with E-state index in [0.717, 1.165) is 30.6 Å². The van der Waals surface area contributed by atoms with Crippen LogP contribution in [0.25, 0.3) is 0 Å². The highest BCUT2D eigenvalue weighted by Crippen LogP contribution is 2.36. The number of sulfonamides is 1. The number of fused-ring (bicyclic) bond motifs is 1. The van der Waals surface area contributed by atoms with Crippen LogP contribution in [0.4, 0.5) is 11.4 Å². The quantitative estimate of drug-likeness (QED) is 0.722. The molecule has 4 rings (SSSR count). The Kier molecular flexibility index (Phi) is 6.36. The fourth-order valence-electron chi connectivity index (χ4n) is 3.69. The molecule has 7 nitrogen and oxygen atoms in total. The minimum atomic E-state index is -3.52. The number of hydrogen-bond donors (Lipinski definition) is 2. The van der Waals surface area contributed by atoms with Crippen LogP contribution in [-0.2, 0) is 14.8 Å². The smallest absolute Gasteiger partial charge is 0.255 e. The second-order valence-electron chi connectivity index (χ2n) is 7.76. The van der Waals surface area contributed by atoms with Gasteiger partial charge in [-0.2, -0.15) is 4.31 Å². The van der Waals surface area contributed by atoms with E-state index in [2.05, 4.69) is 10.6 Å². The van der Waals surface area contributed by atoms with Gasteiger partial charge in [-0.1, -0.05) is 12.8 Å². The van der Waals surface area contributed by atoms with Gasteiger partial charge in [0.15, 0.2) is 0 Å². The van der Waals surface area contributed by atoms with Crippen LogP contribution in [0.15, 0.2) is 52.3 Å². The first-order chi connectivity index (χ1) is 14.8. The van der Waals surface area contributed by atoms with Gasteiger partial charge in [0, 0.05) is 29.2 Å². The minimum absolute atomic E-state index is 0.0868. The van der Waals surface area contributed by atoms with Gasteiger partial charge in [-0.3, -0.25) is 9.59 Å². The summed E-state index contributed by atoms with van der Waals surface area (Å²) in [6, 6.07) is 11.4. The van der Waals surface area contributed by atoms with Crippen LogP contribution in [-0.4, -0.2) is 42.9 Å². The third-order valence-corrected chi connectivity index (χ3v) is 8.58. The lowest BCUT2D eigenvalue weighted by molar-refractivity contribution is -0.115. The van der Waals surface area contributed by atoms with Gasteiger partial charge in [-0.15, -0.1) is 11.8 Å². The molecule has 0 unspecified atom stereocenters. The van der Waals surface area contributed by atoms with Gasteiger partial charge in [-0.25, -0.2) is 8.42 Å². The summed E-state index contributed by atoms with van der Waals surface area (Å²) in [5.41, 5.74) is 1.54. The topological polar surface area (TPSA) is 95.6 Å². The van der Waals surface area contributed by atoms with E-state index in [1.54, 1.807) is 28.6 Å². The Labute approximate surface area is 186 Å². The van der Waals surface area contributed by atoms with Crippen molar-refractivity contribution >= 4 is 45.0 Å². The summed E-state index contributed by atoms with van der Waals surface area (Å²) in [5.74, 6) is -0.417. The Morgan fingerprint density at radius 3 is 2.42 bits per heavy atom. The lowest BCUT2D eigenvalue weighted by atomic mass is 10.1. The Bertz CT molecular complexity index is 1090. The first-order valence-electron chi connectivity index (χ1n) is 10.4. The van der Waals surface area contributed by atoms with Crippen LogP contribution in [0.5, 0.6) is 0 Å². The van der Waals surface area contributed by atoms with E-state index in [1.807, 2.05) is 13.0 Å². The van der Waals surface area contributed by atoms with Crippen molar-refractivity contribution in [3.63, 3.8) is 0 Å². The Morgan fingerprint density at radius 1 is 1.06 bits per heavy atom. The number of nitrogens with one attached hydrogen (secondary N) is 2. The van der Waals surface area contributed by atoms with Crippen LogP contribution in [0.3, 0.4) is 0 Å². The molecule has 2 N–H and O–H groups in total. The first-order valence-corrected chi connectivity index (χ1v) is 12.7. The fourth-order valence-corrected chi connectivity index (χ4v) is 6.14. The van der Waals surface area contributed by atoms with Crippen molar-refractivity contribution in [2.45, 2.75) is 47.6 Å². The third-order valence-electron chi connectivity index (χ3n) is 5.49. The summed E-state index contributed by atoms with van der Waals surface area (Å²) in [6.45, 7) is 2.93. The van der Waals surface area contributed by atoms with Crippen LogP contribution < -0.4 is 10.6 Å². The van der Waals surface area contributed by atoms with Gasteiger partial charge in [0.1, 0.15) is 0 Å². The molecule has 31 heavy (non-hydrogen) atoms. The number of thioether (sulfide) groups is 1. The van der Waals surface area contributed by atoms with Crippen molar-refractivity contribution in [1.82, 2.24) is 4.31 Å². The zero-order valence-electron chi connectivity index (χ0n) is 17.3. The van der Waals surface area contributed by atoms with Crippen LogP contribution in [0, 0.1) is 0 Å². The molecule has 9 heteroatoms. The summed E-state index contributed by atoms with van der Waals surface area (Å²) >= 11 is 1.46. The standard InChI is InChI=1S/C22H25N3O4S2/c1-15-21(26)24-19-14-16(6-11-20(19)30-15)22(27)23-17-7-9-18(10-8-17)31(28,29)25-12-4-2-3-5-13-25/h6-11,14-15H,2-5,12-13H2,1H3,(H,23,27)(H,24,26)/t15-/m0/s1. The highest BCUT2D eigenvalue weighted by molar-refractivity contribution is 8.01. The van der Waals surface area contributed by atoms with Crippen molar-refractivity contribution in [1.29, 1.82) is 0 Å². The average Bonchev–Trinajstić information content (AvgIpc) is 3.05. The largest absolute Gasteiger partial charge is 0.324 e. The highest BCUT2D eigenvalue weighted by Gasteiger charge is 2.26. The van der Waals surface area contributed by atoms with Crippen molar-refractivity contribution in [3.05, 3.63) is 48.0 Å². The van der Waals surface area contributed by atoms with E-state index in [1.165, 1.54) is 23.9 Å². The Hall–Kier alpha value is -2.36. The Morgan fingerprint density at radius 2 is 1.74 bits per heavy atom. The predicted molar refractivity (Wildman–Crippen MR) is 122 cm³/mol. The van der Waals surface area contributed by atoms with Crippen LogP contribution in [0.1, 0.15) is 43.0 Å². The molecule has 0 bridgehead atoms. The third kappa shape index (κ3) is 4.78. The summed E-state index contributed by atoms with van der Waals surface area (Å²) in [7, 11) is -3.52. The van der Waals surface area contributed by atoms with Crippen molar-refractivity contribution in [2.24, 2.45) is 0 Å². The zero-order valence-corrected chi connectivity index (χ0v) is 18.9. The van der Waals surface area contributed by atoms with Gasteiger partial charge in [0.2, 0.25) is 15.9 Å². The number of hydrogen-bond acceptors (Lipinski definition) is 5. The molecule has 0 spiro atoms. The summed E-state index contributed by atoms with van der Waals surface area (Å²) in [4.78, 5) is 25.7. The second-order valence-corrected chi connectivity index (χ2v) is 11.1. The molecule has 1 saturated heterocycles. The minimum Gasteiger partial charge on any atom is -0.324 e. The van der Waals surface area contributed by atoms with Crippen molar-refractivity contribution in [2.75, 3.05) is 23.7 Å². The molecule has 2 aliphatic heterocycles. The van der Waals surface area contributed by atoms with Crippen molar-refractivity contribution in [3.8, 4) is 0 Å². The molecule has 164 valence electrons. The first kappa shape index (κ1) is 21.9. The van der Waals surface area contributed by atoms with E-state index in [-0.39, 0.29) is 22.0 Å². The molecular weight excluding hydrogens is 434 g/mol. The maximum atomic E-state index is 12.9. The summed E-state index contributed by atoms with van der Waals surface area (Å²) < 4.78 is 27.3. The van der Waals surface area contributed by atoms with E-state index < -0.39 is 10.0 Å². The summed E-state index contributed by atoms with van der Waals surface area (Å²) in [6.07, 6.45) is 3.88. The lowest BCUT2D eigenvalue weighted by Crippen LogP contribution is -2.31. The van der Waals surface area contributed by atoms with Gasteiger partial charge >= 0.3 is 0 Å². The SMILES string of the molecule is C[C@@H]1Sc2ccc(C(=O)Nc3ccc(S(=O)(=O)N4CCCCCC4)cc3)cc2NC1=O. The van der Waals surface area contributed by atoms with E-state index >= 15 is 0 Å². The van der Waals surface area contributed by atoms with E-state index in [9.17, 15) is 18.0 Å². The molecule has 2 aliphatic rings. The molecule has 2 aromatic carbocycles. The van der Waals surface area contributed by atoms with Gasteiger partial charge in [0.25, 0.3) is 5.91 Å². The highest BCUT2D eigenvalue weighted by atomic mass is 32.2. The molecule has 0 aromatic heterocycles. The number of carbonyl (C=O) groups is 2. The molecule has 0 radical (unpaired) electrons. The second kappa shape index (κ2) is 9.02. The molecule has 2 amide bonds. The average molecular weight is 460 g/mol. The van der Waals surface area contributed by atoms with E-state index in [0.29, 0.717) is 30.0 Å². The van der Waals surface area contributed by atoms with Gasteiger partial charge in [0.05, 0.1) is 15.8 Å². The Balaban J connectivity index is 1.46. The van der Waals surface area contributed by atoms with E-state index in [4.69, 9.17) is 0 Å². The number of nitrogens with zero attached hydrogens (tertiary/aromatic N) is 1. The van der Waals surface area contributed by atoms with Crippen LogP contribution in [0.2, 0.25) is 0 Å². The molecule has 2 heterocycles. The zero-order chi connectivity index (χ0) is 22.0. The molecule has 2 aromatic rings. The molecule has 1 atom stereocenters.